The minimum absolute atomic E-state index is 0.147. The highest BCUT2D eigenvalue weighted by Crippen LogP contribution is 2.19. The second kappa shape index (κ2) is 2.65. The predicted molar refractivity (Wildman–Crippen MR) is 46.1 cm³/mol. The molecule has 2 aromatic rings. The molecule has 66 valence electrons. The zero-order valence-electron chi connectivity index (χ0n) is 6.59. The number of halogens is 2. The van der Waals surface area contributed by atoms with Crippen LogP contribution in [0, 0.1) is 11.6 Å². The lowest BCUT2D eigenvalue weighted by atomic mass is 10.2. The molecule has 0 atom stereocenters. The first kappa shape index (κ1) is 7.91. The van der Waals surface area contributed by atoms with Crippen molar-refractivity contribution < 1.29 is 8.78 Å². The summed E-state index contributed by atoms with van der Waals surface area (Å²) in [4.78, 5) is 3.85. The van der Waals surface area contributed by atoms with Crippen LogP contribution >= 0.6 is 0 Å². The number of nitrogens with zero attached hydrogens (tertiary/aromatic N) is 1. The third-order valence-electron chi connectivity index (χ3n) is 1.78. The van der Waals surface area contributed by atoms with E-state index < -0.39 is 11.6 Å². The highest BCUT2D eigenvalue weighted by molar-refractivity contribution is 5.80. The molecule has 1 aromatic carbocycles. The molecule has 0 saturated carbocycles. The Morgan fingerprint density at radius 3 is 2.62 bits per heavy atom. The van der Waals surface area contributed by atoms with E-state index in [1.54, 1.807) is 0 Å². The zero-order chi connectivity index (χ0) is 9.42. The van der Waals surface area contributed by atoms with Gasteiger partial charge in [0.05, 0.1) is 5.52 Å². The molecule has 0 aliphatic heterocycles. The zero-order valence-corrected chi connectivity index (χ0v) is 6.59. The van der Waals surface area contributed by atoms with Gasteiger partial charge < -0.3 is 5.73 Å². The van der Waals surface area contributed by atoms with E-state index in [-0.39, 0.29) is 5.39 Å². The minimum atomic E-state index is -0.884. The molecule has 0 unspecified atom stereocenters. The smallest absolute Gasteiger partial charge is 0.168 e. The molecule has 1 heterocycles. The molecule has 4 heteroatoms. The summed E-state index contributed by atoms with van der Waals surface area (Å²) in [5.74, 6) is -1.47. The summed E-state index contributed by atoms with van der Waals surface area (Å²) < 4.78 is 25.8. The molecule has 0 aliphatic rings. The standard InChI is InChI=1S/C9H6F2N2/c10-6-2-3-7-5(9(6)11)1-4-8(12)13-7/h1-4H,(H2,12,13). The van der Waals surface area contributed by atoms with Crippen LogP contribution in [-0.2, 0) is 0 Å². The first-order chi connectivity index (χ1) is 6.18. The first-order valence-corrected chi connectivity index (χ1v) is 3.69. The van der Waals surface area contributed by atoms with Crippen molar-refractivity contribution in [2.24, 2.45) is 0 Å². The average molecular weight is 180 g/mol. The summed E-state index contributed by atoms with van der Waals surface area (Å²) in [6.45, 7) is 0. The third kappa shape index (κ3) is 1.20. The molecular formula is C9H6F2N2. The number of hydrogen-bond acceptors (Lipinski definition) is 2. The fourth-order valence-corrected chi connectivity index (χ4v) is 1.16. The highest BCUT2D eigenvalue weighted by Gasteiger charge is 2.06. The van der Waals surface area contributed by atoms with Gasteiger partial charge in [-0.2, -0.15) is 0 Å². The van der Waals surface area contributed by atoms with E-state index in [0.29, 0.717) is 11.3 Å². The van der Waals surface area contributed by atoms with Gasteiger partial charge in [0.1, 0.15) is 5.82 Å². The highest BCUT2D eigenvalue weighted by atomic mass is 19.2. The summed E-state index contributed by atoms with van der Waals surface area (Å²) in [6, 6.07) is 5.27. The second-order valence-electron chi connectivity index (χ2n) is 2.66. The number of anilines is 1. The lowest BCUT2D eigenvalue weighted by molar-refractivity contribution is 0.517. The maximum atomic E-state index is 13.1. The van der Waals surface area contributed by atoms with Crippen LogP contribution < -0.4 is 5.73 Å². The molecule has 0 radical (unpaired) electrons. The Morgan fingerprint density at radius 1 is 1.08 bits per heavy atom. The molecule has 0 aliphatic carbocycles. The van der Waals surface area contributed by atoms with Crippen LogP contribution in [0.25, 0.3) is 10.9 Å². The van der Waals surface area contributed by atoms with Crippen LogP contribution in [-0.4, -0.2) is 4.98 Å². The summed E-state index contributed by atoms with van der Waals surface area (Å²) in [7, 11) is 0. The molecule has 2 N–H and O–H groups in total. The molecular weight excluding hydrogens is 174 g/mol. The van der Waals surface area contributed by atoms with Gasteiger partial charge >= 0.3 is 0 Å². The van der Waals surface area contributed by atoms with Crippen LogP contribution in [0.15, 0.2) is 24.3 Å². The Bertz CT molecular complexity index is 468. The quantitative estimate of drug-likeness (QED) is 0.674. The van der Waals surface area contributed by atoms with Crippen molar-refractivity contribution >= 4 is 16.7 Å². The number of fused-ring (bicyclic) bond motifs is 1. The van der Waals surface area contributed by atoms with Gasteiger partial charge in [-0.15, -0.1) is 0 Å². The second-order valence-corrected chi connectivity index (χ2v) is 2.66. The number of hydrogen-bond donors (Lipinski definition) is 1. The minimum Gasteiger partial charge on any atom is -0.384 e. The fourth-order valence-electron chi connectivity index (χ4n) is 1.16. The van der Waals surface area contributed by atoms with Gasteiger partial charge in [0.25, 0.3) is 0 Å². The normalized spacial score (nSPS) is 10.6. The Hall–Kier alpha value is -1.71. The molecule has 0 saturated heterocycles. The topological polar surface area (TPSA) is 38.9 Å². The summed E-state index contributed by atoms with van der Waals surface area (Å²) in [5, 5.41) is 0.147. The summed E-state index contributed by atoms with van der Waals surface area (Å²) >= 11 is 0. The number of benzene rings is 1. The number of pyridine rings is 1. The number of aromatic nitrogens is 1. The average Bonchev–Trinajstić information content (AvgIpc) is 2.12. The maximum Gasteiger partial charge on any atom is 0.168 e. The predicted octanol–water partition coefficient (Wildman–Crippen LogP) is 2.10. The van der Waals surface area contributed by atoms with E-state index in [1.807, 2.05) is 0 Å². The van der Waals surface area contributed by atoms with Crippen LogP contribution in [0.3, 0.4) is 0 Å². The molecule has 0 fully saturated rings. The van der Waals surface area contributed by atoms with E-state index in [0.717, 1.165) is 6.07 Å². The fraction of sp³-hybridized carbons (Fsp3) is 0. The lowest BCUT2D eigenvalue weighted by Gasteiger charge is -2.00. The third-order valence-corrected chi connectivity index (χ3v) is 1.78. The van der Waals surface area contributed by atoms with Gasteiger partial charge in [0.15, 0.2) is 11.6 Å². The van der Waals surface area contributed by atoms with Crippen molar-refractivity contribution in [2.45, 2.75) is 0 Å². The molecule has 0 bridgehead atoms. The van der Waals surface area contributed by atoms with E-state index in [2.05, 4.69) is 4.98 Å². The van der Waals surface area contributed by atoms with Crippen LogP contribution in [0.4, 0.5) is 14.6 Å². The molecule has 2 nitrogen and oxygen atoms in total. The number of nitrogens with two attached hydrogens (primary N) is 1. The van der Waals surface area contributed by atoms with Gasteiger partial charge in [0.2, 0.25) is 0 Å². The maximum absolute atomic E-state index is 13.1. The van der Waals surface area contributed by atoms with Crippen molar-refractivity contribution in [1.29, 1.82) is 0 Å². The Balaban J connectivity index is 2.87. The van der Waals surface area contributed by atoms with Crippen molar-refractivity contribution in [1.82, 2.24) is 4.98 Å². The van der Waals surface area contributed by atoms with Crippen molar-refractivity contribution in [3.63, 3.8) is 0 Å². The van der Waals surface area contributed by atoms with E-state index in [4.69, 9.17) is 5.73 Å². The lowest BCUT2D eigenvalue weighted by Crippen LogP contribution is -1.92. The largest absolute Gasteiger partial charge is 0.384 e. The number of rotatable bonds is 0. The monoisotopic (exact) mass is 180 g/mol. The summed E-state index contributed by atoms with van der Waals surface area (Å²) in [6.07, 6.45) is 0. The van der Waals surface area contributed by atoms with Gasteiger partial charge in [-0.1, -0.05) is 0 Å². The molecule has 1 aromatic heterocycles. The van der Waals surface area contributed by atoms with Gasteiger partial charge in [-0.05, 0) is 24.3 Å². The Kier molecular flexibility index (Phi) is 1.62. The number of nitrogen functional groups attached to an aromatic ring is 1. The van der Waals surface area contributed by atoms with E-state index >= 15 is 0 Å². The van der Waals surface area contributed by atoms with Crippen molar-refractivity contribution in [2.75, 3.05) is 5.73 Å². The van der Waals surface area contributed by atoms with Gasteiger partial charge in [-0.3, -0.25) is 0 Å². The van der Waals surface area contributed by atoms with E-state index in [9.17, 15) is 8.78 Å². The SMILES string of the molecule is Nc1ccc2c(F)c(F)ccc2n1. The molecule has 0 spiro atoms. The van der Waals surface area contributed by atoms with Crippen LogP contribution in [0.2, 0.25) is 0 Å². The Morgan fingerprint density at radius 2 is 1.85 bits per heavy atom. The van der Waals surface area contributed by atoms with Crippen LogP contribution in [0.5, 0.6) is 0 Å². The van der Waals surface area contributed by atoms with Gasteiger partial charge in [-0.25, -0.2) is 13.8 Å². The van der Waals surface area contributed by atoms with Crippen LogP contribution in [0.1, 0.15) is 0 Å². The van der Waals surface area contributed by atoms with E-state index in [1.165, 1.54) is 18.2 Å². The Labute approximate surface area is 73.0 Å². The molecule has 2 rings (SSSR count). The molecule has 13 heavy (non-hydrogen) atoms. The summed E-state index contributed by atoms with van der Waals surface area (Å²) in [5.41, 5.74) is 5.74. The van der Waals surface area contributed by atoms with Gasteiger partial charge in [0, 0.05) is 5.39 Å². The van der Waals surface area contributed by atoms with Crippen molar-refractivity contribution in [3.05, 3.63) is 35.9 Å². The molecule has 0 amide bonds. The van der Waals surface area contributed by atoms with Crippen molar-refractivity contribution in [3.8, 4) is 0 Å². The first-order valence-electron chi connectivity index (χ1n) is 3.69.